The Morgan fingerprint density at radius 3 is 2.22 bits per heavy atom. The second-order valence-electron chi connectivity index (χ2n) is 8.77. The van der Waals surface area contributed by atoms with Crippen LogP contribution in [0.5, 0.6) is 0 Å². The van der Waals surface area contributed by atoms with E-state index in [-0.39, 0.29) is 17.6 Å². The number of benzene rings is 2. The largest absolute Gasteiger partial charge is 0.444 e. The smallest absolute Gasteiger partial charge is 0.410 e. The van der Waals surface area contributed by atoms with Crippen LogP contribution in [0.4, 0.5) is 4.79 Å². The molecule has 0 spiro atoms. The second-order valence-corrected chi connectivity index (χ2v) is 8.77. The molecule has 3 aromatic rings. The topological polar surface area (TPSA) is 95.6 Å². The van der Waals surface area contributed by atoms with Crippen LogP contribution in [0.15, 0.2) is 53.3 Å². The van der Waals surface area contributed by atoms with E-state index in [1.165, 1.54) is 0 Å². The van der Waals surface area contributed by atoms with Gasteiger partial charge in [0, 0.05) is 37.3 Å². The summed E-state index contributed by atoms with van der Waals surface area (Å²) in [5, 5.41) is 0.536. The number of nitrogens with zero attached hydrogens (tertiary/aromatic N) is 3. The third-order valence-corrected chi connectivity index (χ3v) is 5.24. The van der Waals surface area contributed by atoms with E-state index in [0.29, 0.717) is 48.5 Å². The van der Waals surface area contributed by atoms with Gasteiger partial charge in [0.25, 0.3) is 11.5 Å². The Morgan fingerprint density at radius 1 is 0.938 bits per heavy atom. The zero-order valence-corrected chi connectivity index (χ0v) is 18.4. The molecule has 1 N–H and O–H groups in total. The van der Waals surface area contributed by atoms with Crippen LogP contribution in [0.25, 0.3) is 22.3 Å². The molecule has 1 fully saturated rings. The summed E-state index contributed by atoms with van der Waals surface area (Å²) in [6, 6.07) is 14.2. The third kappa shape index (κ3) is 4.64. The lowest BCUT2D eigenvalue weighted by molar-refractivity contribution is 0.0141. The van der Waals surface area contributed by atoms with E-state index in [2.05, 4.69) is 9.97 Å². The van der Waals surface area contributed by atoms with Gasteiger partial charge in [-0.25, -0.2) is 9.78 Å². The first-order valence-electron chi connectivity index (χ1n) is 10.6. The summed E-state index contributed by atoms with van der Waals surface area (Å²) in [4.78, 5) is 48.1. The van der Waals surface area contributed by atoms with Crippen LogP contribution in [0.2, 0.25) is 0 Å². The Bertz CT molecular complexity index is 1200. The number of hydrogen-bond acceptors (Lipinski definition) is 5. The lowest BCUT2D eigenvalue weighted by atomic mass is 10.1. The van der Waals surface area contributed by atoms with Crippen molar-refractivity contribution in [2.75, 3.05) is 26.2 Å². The highest BCUT2D eigenvalue weighted by atomic mass is 16.6. The minimum absolute atomic E-state index is 0.0969. The molecule has 1 aliphatic rings. The van der Waals surface area contributed by atoms with Gasteiger partial charge >= 0.3 is 6.09 Å². The predicted octanol–water partition coefficient (Wildman–Crippen LogP) is 3.28. The van der Waals surface area contributed by atoms with Crippen molar-refractivity contribution >= 4 is 22.9 Å². The van der Waals surface area contributed by atoms with Gasteiger partial charge in [-0.2, -0.15) is 0 Å². The Morgan fingerprint density at radius 2 is 1.56 bits per heavy atom. The molecular weight excluding hydrogens is 408 g/mol. The van der Waals surface area contributed by atoms with Gasteiger partial charge in [0.15, 0.2) is 0 Å². The average Bonchev–Trinajstić information content (AvgIpc) is 2.78. The van der Waals surface area contributed by atoms with Crippen LogP contribution in [-0.4, -0.2) is 63.5 Å². The van der Waals surface area contributed by atoms with Gasteiger partial charge in [0.2, 0.25) is 0 Å². The SMILES string of the molecule is CC(C)(C)OC(=O)N1CCN(C(=O)c2ccc(-c3nc4ccccc4c(=O)[nH]3)cc2)CC1. The van der Waals surface area contributed by atoms with Gasteiger partial charge in [-0.1, -0.05) is 24.3 Å². The van der Waals surface area contributed by atoms with Crippen molar-refractivity contribution in [1.29, 1.82) is 0 Å². The summed E-state index contributed by atoms with van der Waals surface area (Å²) in [6.45, 7) is 7.24. The van der Waals surface area contributed by atoms with Crippen LogP contribution < -0.4 is 5.56 Å². The number of rotatable bonds is 2. The fourth-order valence-electron chi connectivity index (χ4n) is 3.59. The van der Waals surface area contributed by atoms with Crippen molar-refractivity contribution in [3.8, 4) is 11.4 Å². The number of nitrogens with one attached hydrogen (secondary N) is 1. The maximum absolute atomic E-state index is 12.9. The lowest BCUT2D eigenvalue weighted by Gasteiger charge is -2.35. The van der Waals surface area contributed by atoms with E-state index in [1.54, 1.807) is 52.3 Å². The maximum atomic E-state index is 12.9. The molecule has 1 aromatic heterocycles. The monoisotopic (exact) mass is 434 g/mol. The molecule has 4 rings (SSSR count). The van der Waals surface area contributed by atoms with Gasteiger partial charge in [-0.05, 0) is 45.0 Å². The molecule has 0 saturated carbocycles. The van der Waals surface area contributed by atoms with Crippen LogP contribution in [0.1, 0.15) is 31.1 Å². The molecule has 8 heteroatoms. The second kappa shape index (κ2) is 8.45. The highest BCUT2D eigenvalue weighted by Gasteiger charge is 2.28. The third-order valence-electron chi connectivity index (χ3n) is 5.24. The fourth-order valence-corrected chi connectivity index (χ4v) is 3.59. The molecule has 1 aliphatic heterocycles. The number of fused-ring (bicyclic) bond motifs is 1. The highest BCUT2D eigenvalue weighted by Crippen LogP contribution is 2.19. The first kappa shape index (κ1) is 21.5. The quantitative estimate of drug-likeness (QED) is 0.668. The fraction of sp³-hybridized carbons (Fsp3) is 0.333. The van der Waals surface area contributed by atoms with E-state index in [1.807, 2.05) is 26.8 Å². The summed E-state index contributed by atoms with van der Waals surface area (Å²) in [7, 11) is 0. The Balaban J connectivity index is 1.43. The molecule has 8 nitrogen and oxygen atoms in total. The van der Waals surface area contributed by atoms with Gasteiger partial charge in [-0.15, -0.1) is 0 Å². The molecule has 166 valence electrons. The number of carbonyl (C=O) groups is 2. The number of carbonyl (C=O) groups excluding carboxylic acids is 2. The Kier molecular flexibility index (Phi) is 5.69. The first-order chi connectivity index (χ1) is 15.2. The van der Waals surface area contributed by atoms with Crippen molar-refractivity contribution in [1.82, 2.24) is 19.8 Å². The van der Waals surface area contributed by atoms with Crippen molar-refractivity contribution in [3.63, 3.8) is 0 Å². The van der Waals surface area contributed by atoms with Crippen molar-refractivity contribution in [3.05, 3.63) is 64.4 Å². The van der Waals surface area contributed by atoms with Crippen molar-refractivity contribution in [2.24, 2.45) is 0 Å². The first-order valence-corrected chi connectivity index (χ1v) is 10.6. The molecular formula is C24H26N4O4. The molecule has 32 heavy (non-hydrogen) atoms. The molecule has 0 bridgehead atoms. The number of aromatic amines is 1. The lowest BCUT2D eigenvalue weighted by Crippen LogP contribution is -2.51. The number of para-hydroxylation sites is 1. The van der Waals surface area contributed by atoms with E-state index in [9.17, 15) is 14.4 Å². The van der Waals surface area contributed by atoms with Crippen LogP contribution >= 0.6 is 0 Å². The van der Waals surface area contributed by atoms with E-state index in [4.69, 9.17) is 4.74 Å². The molecule has 0 aliphatic carbocycles. The summed E-state index contributed by atoms with van der Waals surface area (Å²) >= 11 is 0. The van der Waals surface area contributed by atoms with Crippen molar-refractivity contribution in [2.45, 2.75) is 26.4 Å². The number of amides is 2. The van der Waals surface area contributed by atoms with Gasteiger partial charge in [0.05, 0.1) is 10.9 Å². The van der Waals surface area contributed by atoms with Crippen LogP contribution in [0, 0.1) is 0 Å². The number of ether oxygens (including phenoxy) is 1. The van der Waals surface area contributed by atoms with E-state index in [0.717, 1.165) is 5.56 Å². The summed E-state index contributed by atoms with van der Waals surface area (Å²) in [5.41, 5.74) is 1.14. The van der Waals surface area contributed by atoms with E-state index >= 15 is 0 Å². The number of aromatic nitrogens is 2. The molecule has 0 unspecified atom stereocenters. The number of piperazine rings is 1. The minimum atomic E-state index is -0.546. The summed E-state index contributed by atoms with van der Waals surface area (Å²) < 4.78 is 5.40. The van der Waals surface area contributed by atoms with Crippen molar-refractivity contribution < 1.29 is 14.3 Å². The molecule has 1 saturated heterocycles. The van der Waals surface area contributed by atoms with E-state index < -0.39 is 5.60 Å². The molecule has 2 amide bonds. The molecule has 2 heterocycles. The maximum Gasteiger partial charge on any atom is 0.410 e. The highest BCUT2D eigenvalue weighted by molar-refractivity contribution is 5.95. The summed E-state index contributed by atoms with van der Waals surface area (Å²) in [6.07, 6.45) is -0.356. The Labute approximate surface area is 185 Å². The standard InChI is InChI=1S/C24H26N4O4/c1-24(2,3)32-23(31)28-14-12-27(13-15-28)22(30)17-10-8-16(9-11-17)20-25-19-7-5-4-6-18(19)21(29)26-20/h4-11H,12-15H2,1-3H3,(H,25,26,29). The molecule has 0 radical (unpaired) electrons. The number of H-pyrrole nitrogens is 1. The number of hydrogen-bond donors (Lipinski definition) is 1. The average molecular weight is 434 g/mol. The minimum Gasteiger partial charge on any atom is -0.444 e. The predicted molar refractivity (Wildman–Crippen MR) is 122 cm³/mol. The van der Waals surface area contributed by atoms with Gasteiger partial charge < -0.3 is 19.5 Å². The zero-order valence-electron chi connectivity index (χ0n) is 18.4. The summed E-state index contributed by atoms with van der Waals surface area (Å²) in [5.74, 6) is 0.360. The zero-order chi connectivity index (χ0) is 22.9. The van der Waals surface area contributed by atoms with Gasteiger partial charge in [0.1, 0.15) is 11.4 Å². The molecule has 0 atom stereocenters. The Hall–Kier alpha value is -3.68. The van der Waals surface area contributed by atoms with Crippen LogP contribution in [0.3, 0.4) is 0 Å². The van der Waals surface area contributed by atoms with Crippen LogP contribution in [-0.2, 0) is 4.74 Å². The van der Waals surface area contributed by atoms with Gasteiger partial charge in [-0.3, -0.25) is 9.59 Å². The normalized spacial score (nSPS) is 14.5. The molecule has 2 aromatic carbocycles.